The highest BCUT2D eigenvalue weighted by atomic mass is 16.5. The number of nitrogens with zero attached hydrogens (tertiary/aromatic N) is 1. The molecule has 0 unspecified atom stereocenters. The SMILES string of the molecule is CC(=O)NCCCc1ccc(C(=O)COC(=O)Cc2n[nH]c(=O)c3ccccc23)cc1. The van der Waals surface area contributed by atoms with E-state index in [0.29, 0.717) is 28.6 Å². The number of aryl methyl sites for hydroxylation is 1. The summed E-state index contributed by atoms with van der Waals surface area (Å²) in [6.07, 6.45) is 1.43. The minimum atomic E-state index is -0.604. The van der Waals surface area contributed by atoms with Crippen molar-refractivity contribution in [2.75, 3.05) is 13.2 Å². The third-order valence-electron chi connectivity index (χ3n) is 4.74. The van der Waals surface area contributed by atoms with E-state index in [1.807, 2.05) is 12.1 Å². The predicted octanol–water partition coefficient (Wildman–Crippen LogP) is 1.96. The maximum atomic E-state index is 12.3. The first kappa shape index (κ1) is 21.9. The van der Waals surface area contributed by atoms with E-state index < -0.39 is 5.97 Å². The molecule has 31 heavy (non-hydrogen) atoms. The number of hydrogen-bond donors (Lipinski definition) is 2. The van der Waals surface area contributed by atoms with Crippen LogP contribution < -0.4 is 10.9 Å². The van der Waals surface area contributed by atoms with Crippen molar-refractivity contribution < 1.29 is 19.1 Å². The number of amides is 1. The molecule has 0 saturated heterocycles. The molecule has 0 radical (unpaired) electrons. The molecule has 0 saturated carbocycles. The van der Waals surface area contributed by atoms with E-state index in [1.54, 1.807) is 36.4 Å². The number of benzene rings is 2. The lowest BCUT2D eigenvalue weighted by Crippen LogP contribution is -2.21. The minimum Gasteiger partial charge on any atom is -0.457 e. The lowest BCUT2D eigenvalue weighted by molar-refractivity contribution is -0.141. The van der Waals surface area contributed by atoms with Gasteiger partial charge in [0.25, 0.3) is 5.56 Å². The molecule has 2 aromatic carbocycles. The molecule has 3 aromatic rings. The Labute approximate surface area is 178 Å². The van der Waals surface area contributed by atoms with E-state index in [-0.39, 0.29) is 30.3 Å². The number of fused-ring (bicyclic) bond motifs is 1. The molecule has 160 valence electrons. The number of esters is 1. The van der Waals surface area contributed by atoms with Crippen LogP contribution in [-0.2, 0) is 27.2 Å². The molecule has 2 N–H and O–H groups in total. The van der Waals surface area contributed by atoms with Gasteiger partial charge in [-0.2, -0.15) is 5.10 Å². The van der Waals surface area contributed by atoms with Crippen LogP contribution in [0.4, 0.5) is 0 Å². The van der Waals surface area contributed by atoms with Crippen LogP contribution >= 0.6 is 0 Å². The van der Waals surface area contributed by atoms with E-state index in [2.05, 4.69) is 15.5 Å². The number of Topliss-reactive ketones (excluding diaryl/α,β-unsaturated/α-hetero) is 1. The van der Waals surface area contributed by atoms with Gasteiger partial charge in [-0.3, -0.25) is 19.2 Å². The van der Waals surface area contributed by atoms with Crippen molar-refractivity contribution in [1.82, 2.24) is 15.5 Å². The van der Waals surface area contributed by atoms with E-state index in [1.165, 1.54) is 6.92 Å². The van der Waals surface area contributed by atoms with Gasteiger partial charge in [-0.15, -0.1) is 0 Å². The van der Waals surface area contributed by atoms with Crippen LogP contribution in [0.2, 0.25) is 0 Å². The van der Waals surface area contributed by atoms with E-state index in [9.17, 15) is 19.2 Å². The number of aromatic amines is 1. The highest BCUT2D eigenvalue weighted by molar-refractivity contribution is 5.98. The van der Waals surface area contributed by atoms with Crippen molar-refractivity contribution >= 4 is 28.4 Å². The Morgan fingerprint density at radius 3 is 2.45 bits per heavy atom. The average Bonchev–Trinajstić information content (AvgIpc) is 2.77. The number of hydrogen-bond acceptors (Lipinski definition) is 6. The van der Waals surface area contributed by atoms with Crippen molar-refractivity contribution in [2.24, 2.45) is 0 Å². The number of carbonyl (C=O) groups is 3. The number of H-pyrrole nitrogens is 1. The van der Waals surface area contributed by atoms with Gasteiger partial charge in [-0.25, -0.2) is 5.10 Å². The summed E-state index contributed by atoms with van der Waals surface area (Å²) in [5, 5.41) is 10.1. The number of ether oxygens (including phenoxy) is 1. The Morgan fingerprint density at radius 1 is 1.03 bits per heavy atom. The van der Waals surface area contributed by atoms with Gasteiger partial charge in [-0.1, -0.05) is 42.5 Å². The molecule has 0 spiro atoms. The molecule has 0 aliphatic heterocycles. The normalized spacial score (nSPS) is 10.6. The highest BCUT2D eigenvalue weighted by Gasteiger charge is 2.14. The molecule has 1 heterocycles. The first-order chi connectivity index (χ1) is 14.9. The molecule has 3 rings (SSSR count). The van der Waals surface area contributed by atoms with E-state index >= 15 is 0 Å². The van der Waals surface area contributed by atoms with E-state index in [4.69, 9.17) is 4.74 Å². The molecule has 0 atom stereocenters. The fraction of sp³-hybridized carbons (Fsp3) is 0.261. The molecule has 1 aromatic heterocycles. The van der Waals surface area contributed by atoms with Crippen LogP contribution in [0.25, 0.3) is 10.8 Å². The largest absolute Gasteiger partial charge is 0.457 e. The minimum absolute atomic E-state index is 0.0555. The first-order valence-corrected chi connectivity index (χ1v) is 9.92. The van der Waals surface area contributed by atoms with E-state index in [0.717, 1.165) is 18.4 Å². The van der Waals surface area contributed by atoms with Gasteiger partial charge in [-0.05, 0) is 24.5 Å². The monoisotopic (exact) mass is 421 g/mol. The van der Waals surface area contributed by atoms with Gasteiger partial charge in [0.15, 0.2) is 12.4 Å². The van der Waals surface area contributed by atoms with Crippen molar-refractivity contribution in [3.05, 3.63) is 75.7 Å². The molecule has 0 bridgehead atoms. The molecule has 1 amide bonds. The van der Waals surface area contributed by atoms with Crippen LogP contribution in [0.1, 0.15) is 35.0 Å². The van der Waals surface area contributed by atoms with Crippen LogP contribution in [-0.4, -0.2) is 41.0 Å². The molecular formula is C23H23N3O5. The summed E-state index contributed by atoms with van der Waals surface area (Å²) in [7, 11) is 0. The van der Waals surface area contributed by atoms with Crippen molar-refractivity contribution in [1.29, 1.82) is 0 Å². The zero-order chi connectivity index (χ0) is 22.2. The Balaban J connectivity index is 1.51. The summed E-state index contributed by atoms with van der Waals surface area (Å²) in [6.45, 7) is 1.71. The topological polar surface area (TPSA) is 118 Å². The van der Waals surface area contributed by atoms with Gasteiger partial charge >= 0.3 is 5.97 Å². The number of aromatic nitrogens is 2. The van der Waals surface area contributed by atoms with Crippen LogP contribution in [0, 0.1) is 0 Å². The lowest BCUT2D eigenvalue weighted by Gasteiger charge is -2.07. The lowest BCUT2D eigenvalue weighted by atomic mass is 10.1. The quantitative estimate of drug-likeness (QED) is 0.310. The average molecular weight is 421 g/mol. The number of ketones is 1. The Hall–Kier alpha value is -3.81. The van der Waals surface area contributed by atoms with Gasteiger partial charge in [0, 0.05) is 24.4 Å². The number of nitrogens with one attached hydrogen (secondary N) is 2. The summed E-state index contributed by atoms with van der Waals surface area (Å²) >= 11 is 0. The summed E-state index contributed by atoms with van der Waals surface area (Å²) in [4.78, 5) is 47.2. The van der Waals surface area contributed by atoms with Crippen LogP contribution in [0.15, 0.2) is 53.3 Å². The van der Waals surface area contributed by atoms with Gasteiger partial charge in [0.05, 0.1) is 17.5 Å². The first-order valence-electron chi connectivity index (χ1n) is 9.92. The summed E-state index contributed by atoms with van der Waals surface area (Å²) in [5.74, 6) is -0.968. The standard InChI is InChI=1S/C23H23N3O5/c1-15(27)24-12-4-5-16-8-10-17(11-9-16)21(28)14-31-22(29)13-20-18-6-2-3-7-19(18)23(30)26-25-20/h2-3,6-11H,4-5,12-14H2,1H3,(H,24,27)(H,26,30). The van der Waals surface area contributed by atoms with Gasteiger partial charge in [0.2, 0.25) is 5.91 Å². The predicted molar refractivity (Wildman–Crippen MR) is 115 cm³/mol. The second-order valence-corrected chi connectivity index (χ2v) is 7.09. The zero-order valence-electron chi connectivity index (χ0n) is 17.1. The summed E-state index contributed by atoms with van der Waals surface area (Å²) in [6, 6.07) is 13.9. The fourth-order valence-electron chi connectivity index (χ4n) is 3.14. The van der Waals surface area contributed by atoms with Crippen molar-refractivity contribution in [3.63, 3.8) is 0 Å². The second-order valence-electron chi connectivity index (χ2n) is 7.09. The number of carbonyl (C=O) groups excluding carboxylic acids is 3. The maximum Gasteiger partial charge on any atom is 0.312 e. The van der Waals surface area contributed by atoms with Gasteiger partial charge in [0.1, 0.15) is 0 Å². The summed E-state index contributed by atoms with van der Waals surface area (Å²) < 4.78 is 5.11. The third kappa shape index (κ3) is 6.08. The smallest absolute Gasteiger partial charge is 0.312 e. The molecule has 0 aliphatic carbocycles. The second kappa shape index (κ2) is 10.3. The van der Waals surface area contributed by atoms with Gasteiger partial charge < -0.3 is 10.1 Å². The fourth-order valence-corrected chi connectivity index (χ4v) is 3.14. The molecule has 8 nitrogen and oxygen atoms in total. The zero-order valence-corrected chi connectivity index (χ0v) is 17.1. The molecule has 0 fully saturated rings. The van der Waals surface area contributed by atoms with Crippen LogP contribution in [0.5, 0.6) is 0 Å². The number of rotatable bonds is 9. The Bertz CT molecular complexity index is 1150. The van der Waals surface area contributed by atoms with Crippen molar-refractivity contribution in [3.8, 4) is 0 Å². The highest BCUT2D eigenvalue weighted by Crippen LogP contribution is 2.13. The Kier molecular flexibility index (Phi) is 7.26. The maximum absolute atomic E-state index is 12.3. The van der Waals surface area contributed by atoms with Crippen molar-refractivity contribution in [2.45, 2.75) is 26.2 Å². The molecule has 0 aliphatic rings. The molecule has 8 heteroatoms. The third-order valence-corrected chi connectivity index (χ3v) is 4.74. The van der Waals surface area contributed by atoms with Crippen LogP contribution in [0.3, 0.4) is 0 Å². The Morgan fingerprint density at radius 2 is 1.74 bits per heavy atom. The summed E-state index contributed by atoms with van der Waals surface area (Å²) in [5.41, 5.74) is 1.55. The molecular weight excluding hydrogens is 398 g/mol.